The standard InChI is InChI=1S/C20H22F3N5O4S/c1-12(9-20(21,22)23)27-19(29)32-16-5-2-13(8-16)14-10-25-18(26-11-14)28-15-3-6-17(7-4-15)33(24,30)31/h2-7,10-13,16H,8-9H2,1H3,(H,27,29)(H2,24,30,31)(H,25,26,28)/t12-,13-,16-/m0/s1. The van der Waals surface area contributed by atoms with Gasteiger partial charge in [0.05, 0.1) is 11.3 Å². The summed E-state index contributed by atoms with van der Waals surface area (Å²) >= 11 is 0. The van der Waals surface area contributed by atoms with Crippen LogP contribution in [0, 0.1) is 0 Å². The minimum atomic E-state index is -4.37. The molecule has 178 valence electrons. The number of primary sulfonamides is 1. The summed E-state index contributed by atoms with van der Waals surface area (Å²) in [6.45, 7) is 1.25. The highest BCUT2D eigenvalue weighted by Gasteiger charge is 2.31. The van der Waals surface area contributed by atoms with Crippen LogP contribution in [-0.2, 0) is 14.8 Å². The third-order valence-corrected chi connectivity index (χ3v) is 5.67. The Morgan fingerprint density at radius 3 is 2.42 bits per heavy atom. The maximum Gasteiger partial charge on any atom is 0.407 e. The summed E-state index contributed by atoms with van der Waals surface area (Å²) in [5, 5.41) is 10.2. The molecule has 1 amide bonds. The van der Waals surface area contributed by atoms with E-state index in [1.54, 1.807) is 18.5 Å². The first-order valence-electron chi connectivity index (χ1n) is 9.83. The Labute approximate surface area is 188 Å². The maximum absolute atomic E-state index is 12.4. The molecular weight excluding hydrogens is 463 g/mol. The summed E-state index contributed by atoms with van der Waals surface area (Å²) in [5.41, 5.74) is 1.33. The first kappa shape index (κ1) is 24.5. The lowest BCUT2D eigenvalue weighted by Gasteiger charge is -2.18. The van der Waals surface area contributed by atoms with Gasteiger partial charge in [-0.15, -0.1) is 0 Å². The van der Waals surface area contributed by atoms with Crippen LogP contribution in [0.4, 0.5) is 29.6 Å². The first-order chi connectivity index (χ1) is 15.4. The normalized spacial score (nSPS) is 19.2. The van der Waals surface area contributed by atoms with E-state index in [9.17, 15) is 26.4 Å². The van der Waals surface area contributed by atoms with Crippen LogP contribution < -0.4 is 15.8 Å². The van der Waals surface area contributed by atoms with Crippen LogP contribution in [0.3, 0.4) is 0 Å². The van der Waals surface area contributed by atoms with E-state index in [1.807, 2.05) is 6.08 Å². The Balaban J connectivity index is 1.51. The average molecular weight is 485 g/mol. The number of carbonyl (C=O) groups excluding carboxylic acids is 1. The van der Waals surface area contributed by atoms with Crippen LogP contribution >= 0.6 is 0 Å². The van der Waals surface area contributed by atoms with E-state index in [1.165, 1.54) is 31.2 Å². The molecular formula is C20H22F3N5O4S. The van der Waals surface area contributed by atoms with Crippen molar-refractivity contribution in [2.24, 2.45) is 5.14 Å². The maximum atomic E-state index is 12.4. The van der Waals surface area contributed by atoms with E-state index in [2.05, 4.69) is 20.6 Å². The second-order valence-corrected chi connectivity index (χ2v) is 9.13. The number of hydrogen-bond acceptors (Lipinski definition) is 7. The molecule has 1 aromatic heterocycles. The van der Waals surface area contributed by atoms with E-state index in [0.717, 1.165) is 5.56 Å². The van der Waals surface area contributed by atoms with Gasteiger partial charge in [-0.25, -0.2) is 28.3 Å². The molecule has 33 heavy (non-hydrogen) atoms. The molecule has 0 bridgehead atoms. The van der Waals surface area contributed by atoms with Crippen LogP contribution in [0.25, 0.3) is 0 Å². The highest BCUT2D eigenvalue weighted by molar-refractivity contribution is 7.89. The Kier molecular flexibility index (Phi) is 7.22. The van der Waals surface area contributed by atoms with E-state index in [-0.39, 0.29) is 16.8 Å². The molecule has 0 saturated carbocycles. The molecule has 13 heteroatoms. The lowest BCUT2D eigenvalue weighted by Crippen LogP contribution is -2.37. The molecule has 0 aliphatic heterocycles. The van der Waals surface area contributed by atoms with Gasteiger partial charge in [0.15, 0.2) is 0 Å². The number of halogens is 3. The zero-order chi connectivity index (χ0) is 24.2. The smallest absolute Gasteiger partial charge is 0.407 e. The highest BCUT2D eigenvalue weighted by atomic mass is 32.2. The number of allylic oxidation sites excluding steroid dienone is 1. The molecule has 0 fully saturated rings. The Hall–Kier alpha value is -3.19. The monoisotopic (exact) mass is 485 g/mol. The number of rotatable bonds is 7. The van der Waals surface area contributed by atoms with Crippen molar-refractivity contribution < 1.29 is 31.1 Å². The lowest BCUT2D eigenvalue weighted by atomic mass is 10.0. The van der Waals surface area contributed by atoms with Crippen molar-refractivity contribution >= 4 is 27.8 Å². The predicted molar refractivity (Wildman–Crippen MR) is 113 cm³/mol. The number of ether oxygens (including phenoxy) is 1. The van der Waals surface area contributed by atoms with Crippen molar-refractivity contribution in [3.05, 3.63) is 54.4 Å². The molecule has 0 radical (unpaired) electrons. The fourth-order valence-corrected chi connectivity index (χ4v) is 3.74. The van der Waals surface area contributed by atoms with Crippen LogP contribution in [0.5, 0.6) is 0 Å². The number of amides is 1. The predicted octanol–water partition coefficient (Wildman–Crippen LogP) is 3.35. The topological polar surface area (TPSA) is 136 Å². The molecule has 1 aromatic carbocycles. The van der Waals surface area contributed by atoms with E-state index >= 15 is 0 Å². The van der Waals surface area contributed by atoms with Crippen molar-refractivity contribution in [3.8, 4) is 0 Å². The number of benzene rings is 1. The summed E-state index contributed by atoms with van der Waals surface area (Å²) in [4.78, 5) is 20.3. The number of nitrogens with one attached hydrogen (secondary N) is 2. The molecule has 4 N–H and O–H groups in total. The van der Waals surface area contributed by atoms with Gasteiger partial charge in [0.1, 0.15) is 6.10 Å². The SMILES string of the molecule is C[C@@H](CC(F)(F)F)NC(=O)O[C@H]1C=C[C@H](c2cnc(Nc3ccc(S(N)(=O)=O)cc3)nc2)C1. The van der Waals surface area contributed by atoms with E-state index in [4.69, 9.17) is 9.88 Å². The van der Waals surface area contributed by atoms with Gasteiger partial charge in [-0.1, -0.05) is 6.08 Å². The van der Waals surface area contributed by atoms with Gasteiger partial charge in [0.25, 0.3) is 0 Å². The van der Waals surface area contributed by atoms with Gasteiger partial charge < -0.3 is 15.4 Å². The fourth-order valence-electron chi connectivity index (χ4n) is 3.22. The van der Waals surface area contributed by atoms with Crippen molar-refractivity contribution in [2.45, 2.75) is 48.9 Å². The fraction of sp³-hybridized carbons (Fsp3) is 0.350. The number of alkyl halides is 3. The number of nitrogens with zero attached hydrogens (tertiary/aromatic N) is 2. The molecule has 1 heterocycles. The Morgan fingerprint density at radius 1 is 1.21 bits per heavy atom. The molecule has 0 spiro atoms. The van der Waals surface area contributed by atoms with Crippen LogP contribution in [0.1, 0.15) is 31.2 Å². The number of anilines is 2. The number of carbonyl (C=O) groups is 1. The minimum absolute atomic E-state index is 0.0161. The number of aromatic nitrogens is 2. The third-order valence-electron chi connectivity index (χ3n) is 4.74. The second-order valence-electron chi connectivity index (χ2n) is 7.57. The van der Waals surface area contributed by atoms with Gasteiger partial charge in [-0.3, -0.25) is 0 Å². The number of sulfonamides is 1. The molecule has 9 nitrogen and oxygen atoms in total. The number of nitrogens with two attached hydrogens (primary N) is 1. The van der Waals surface area contributed by atoms with Crippen molar-refractivity contribution in [3.63, 3.8) is 0 Å². The summed E-state index contributed by atoms with van der Waals surface area (Å²) in [6.07, 6.45) is 0.0710. The zero-order valence-corrected chi connectivity index (χ0v) is 18.2. The minimum Gasteiger partial charge on any atom is -0.442 e. The van der Waals surface area contributed by atoms with Crippen LogP contribution in [0.2, 0.25) is 0 Å². The Bertz CT molecular complexity index is 1110. The van der Waals surface area contributed by atoms with Crippen molar-refractivity contribution in [2.75, 3.05) is 5.32 Å². The second kappa shape index (κ2) is 9.75. The quantitative estimate of drug-likeness (QED) is 0.512. The van der Waals surface area contributed by atoms with Gasteiger partial charge in [-0.2, -0.15) is 13.2 Å². The van der Waals surface area contributed by atoms with Crippen LogP contribution in [0.15, 0.2) is 53.7 Å². The van der Waals surface area contributed by atoms with Crippen LogP contribution in [-0.4, -0.2) is 42.8 Å². The van der Waals surface area contributed by atoms with Crippen molar-refractivity contribution in [1.82, 2.24) is 15.3 Å². The molecule has 1 aliphatic carbocycles. The van der Waals surface area contributed by atoms with E-state index < -0.39 is 40.9 Å². The van der Waals surface area contributed by atoms with Gasteiger partial charge in [0, 0.05) is 30.0 Å². The summed E-state index contributed by atoms with van der Waals surface area (Å²) in [7, 11) is -3.78. The van der Waals surface area contributed by atoms with Crippen molar-refractivity contribution in [1.29, 1.82) is 0 Å². The Morgan fingerprint density at radius 2 is 1.85 bits per heavy atom. The molecule has 0 unspecified atom stereocenters. The molecule has 3 rings (SSSR count). The molecule has 2 aromatic rings. The summed E-state index contributed by atoms with van der Waals surface area (Å²) in [5.74, 6) is 0.161. The average Bonchev–Trinajstić information content (AvgIpc) is 3.15. The number of alkyl carbamates (subject to hydrolysis) is 1. The van der Waals surface area contributed by atoms with E-state index in [0.29, 0.717) is 12.1 Å². The summed E-state index contributed by atoms with van der Waals surface area (Å²) in [6, 6.07) is 4.67. The highest BCUT2D eigenvalue weighted by Crippen LogP contribution is 2.30. The lowest BCUT2D eigenvalue weighted by molar-refractivity contribution is -0.138. The summed E-state index contributed by atoms with van der Waals surface area (Å²) < 4.78 is 64.9. The van der Waals surface area contributed by atoms with Gasteiger partial charge in [0.2, 0.25) is 16.0 Å². The third kappa shape index (κ3) is 7.43. The first-order valence-corrected chi connectivity index (χ1v) is 11.4. The largest absolute Gasteiger partial charge is 0.442 e. The molecule has 3 atom stereocenters. The zero-order valence-electron chi connectivity index (χ0n) is 17.4. The molecule has 0 saturated heterocycles. The van der Waals surface area contributed by atoms with Gasteiger partial charge in [-0.05, 0) is 49.2 Å². The van der Waals surface area contributed by atoms with Gasteiger partial charge >= 0.3 is 12.3 Å². The molecule has 1 aliphatic rings. The number of hydrogen-bond donors (Lipinski definition) is 3.